The van der Waals surface area contributed by atoms with Gasteiger partial charge in [-0.3, -0.25) is 9.59 Å². The average Bonchev–Trinajstić information content (AvgIpc) is 2.37. The monoisotopic (exact) mass is 267 g/mol. The molecule has 5 nitrogen and oxygen atoms in total. The highest BCUT2D eigenvalue weighted by Gasteiger charge is 2.23. The summed E-state index contributed by atoms with van der Waals surface area (Å²) in [6.45, 7) is 0.433. The summed E-state index contributed by atoms with van der Waals surface area (Å²) in [6.07, 6.45) is 0.234. The van der Waals surface area contributed by atoms with Gasteiger partial charge >= 0.3 is 5.97 Å². The molecule has 1 amide bonds. The Bertz CT molecular complexity index is 503. The van der Waals surface area contributed by atoms with Crippen molar-refractivity contribution >= 4 is 11.9 Å². The van der Waals surface area contributed by atoms with Gasteiger partial charge in [-0.05, 0) is 18.2 Å². The van der Waals surface area contributed by atoms with Gasteiger partial charge in [0.25, 0.3) is 0 Å². The third-order valence-electron chi connectivity index (χ3n) is 2.91. The van der Waals surface area contributed by atoms with Crippen molar-refractivity contribution in [3.63, 3.8) is 0 Å². The minimum absolute atomic E-state index is 0.0860. The zero-order valence-electron chi connectivity index (χ0n) is 10.2. The number of hydrogen-bond acceptors (Lipinski definition) is 3. The van der Waals surface area contributed by atoms with Crippen molar-refractivity contribution in [2.24, 2.45) is 0 Å². The molecular weight excluding hydrogens is 253 g/mol. The molecule has 0 spiro atoms. The quantitative estimate of drug-likeness (QED) is 0.869. The summed E-state index contributed by atoms with van der Waals surface area (Å²) >= 11 is 0. The first-order chi connectivity index (χ1) is 9.06. The van der Waals surface area contributed by atoms with Crippen LogP contribution in [0.4, 0.5) is 4.39 Å². The van der Waals surface area contributed by atoms with Crippen molar-refractivity contribution in [2.75, 3.05) is 6.61 Å². The van der Waals surface area contributed by atoms with Gasteiger partial charge in [-0.2, -0.15) is 0 Å². The van der Waals surface area contributed by atoms with Crippen LogP contribution in [0.15, 0.2) is 18.2 Å². The molecule has 0 saturated carbocycles. The summed E-state index contributed by atoms with van der Waals surface area (Å²) in [7, 11) is 0. The molecule has 0 fully saturated rings. The summed E-state index contributed by atoms with van der Waals surface area (Å²) < 4.78 is 18.6. The van der Waals surface area contributed by atoms with E-state index in [-0.39, 0.29) is 24.8 Å². The van der Waals surface area contributed by atoms with Crippen molar-refractivity contribution in [1.29, 1.82) is 0 Å². The molecule has 1 heterocycles. The number of carbonyl (C=O) groups is 2. The number of hydrogen-bond donors (Lipinski definition) is 2. The summed E-state index contributed by atoms with van der Waals surface area (Å²) in [6, 6.07) is 3.82. The molecule has 1 aliphatic rings. The molecule has 1 aromatic rings. The van der Waals surface area contributed by atoms with E-state index >= 15 is 0 Å². The lowest BCUT2D eigenvalue weighted by Crippen LogP contribution is -2.32. The maximum absolute atomic E-state index is 13.2. The van der Waals surface area contributed by atoms with Gasteiger partial charge in [0.15, 0.2) is 0 Å². The molecule has 1 unspecified atom stereocenters. The van der Waals surface area contributed by atoms with Crippen molar-refractivity contribution < 1.29 is 23.8 Å². The van der Waals surface area contributed by atoms with Gasteiger partial charge in [-0.1, -0.05) is 0 Å². The summed E-state index contributed by atoms with van der Waals surface area (Å²) in [5, 5.41) is 11.2. The van der Waals surface area contributed by atoms with E-state index in [0.29, 0.717) is 24.3 Å². The van der Waals surface area contributed by atoms with E-state index in [0.717, 1.165) is 0 Å². The Balaban J connectivity index is 2.04. The third kappa shape index (κ3) is 3.43. The van der Waals surface area contributed by atoms with E-state index in [4.69, 9.17) is 9.84 Å². The first-order valence-electron chi connectivity index (χ1n) is 5.99. The molecule has 0 saturated heterocycles. The van der Waals surface area contributed by atoms with Crippen LogP contribution >= 0.6 is 0 Å². The molecular formula is C13H14FNO4. The number of fused-ring (bicyclic) bond motifs is 1. The number of carbonyl (C=O) groups excluding carboxylic acids is 1. The maximum atomic E-state index is 13.2. The number of benzene rings is 1. The van der Waals surface area contributed by atoms with E-state index in [2.05, 4.69) is 5.32 Å². The molecule has 1 atom stereocenters. The summed E-state index contributed by atoms with van der Waals surface area (Å²) in [5.41, 5.74) is 0.593. The van der Waals surface area contributed by atoms with Crippen molar-refractivity contribution in [3.8, 4) is 5.75 Å². The van der Waals surface area contributed by atoms with E-state index < -0.39 is 11.8 Å². The van der Waals surface area contributed by atoms with Crippen LogP contribution in [0.3, 0.4) is 0 Å². The maximum Gasteiger partial charge on any atom is 0.303 e. The Labute approximate surface area is 109 Å². The topological polar surface area (TPSA) is 75.6 Å². The zero-order valence-corrected chi connectivity index (χ0v) is 10.2. The standard InChI is InChI=1S/C13H14FNO4/c14-8-1-2-11-9(7-8)10(5-6-19-11)15-12(16)3-4-13(17)18/h1-2,7,10H,3-6H2,(H,15,16)(H,17,18). The van der Waals surface area contributed by atoms with Crippen LogP contribution in [0.25, 0.3) is 0 Å². The average molecular weight is 267 g/mol. The fraction of sp³-hybridized carbons (Fsp3) is 0.385. The number of amides is 1. The second kappa shape index (κ2) is 5.69. The molecule has 2 rings (SSSR count). The molecule has 1 aromatic carbocycles. The number of rotatable bonds is 4. The second-order valence-corrected chi connectivity index (χ2v) is 4.33. The van der Waals surface area contributed by atoms with Gasteiger partial charge < -0.3 is 15.2 Å². The first-order valence-corrected chi connectivity index (χ1v) is 5.99. The molecule has 19 heavy (non-hydrogen) atoms. The molecule has 0 radical (unpaired) electrons. The van der Waals surface area contributed by atoms with Crippen LogP contribution in [0, 0.1) is 5.82 Å². The number of nitrogens with one attached hydrogen (secondary N) is 1. The first kappa shape index (κ1) is 13.3. The number of carboxylic acids is 1. The Morgan fingerprint density at radius 2 is 2.21 bits per heavy atom. The van der Waals surface area contributed by atoms with Crippen LogP contribution in [0.5, 0.6) is 5.75 Å². The summed E-state index contributed by atoms with van der Waals surface area (Å²) in [5.74, 6) is -1.22. The van der Waals surface area contributed by atoms with E-state index in [1.807, 2.05) is 0 Å². The normalized spacial score (nSPS) is 17.2. The van der Waals surface area contributed by atoms with Crippen molar-refractivity contribution in [1.82, 2.24) is 5.32 Å². The van der Waals surface area contributed by atoms with Gasteiger partial charge in [-0.25, -0.2) is 4.39 Å². The molecule has 0 aliphatic carbocycles. The highest BCUT2D eigenvalue weighted by Crippen LogP contribution is 2.32. The highest BCUT2D eigenvalue weighted by molar-refractivity contribution is 5.81. The van der Waals surface area contributed by atoms with Crippen LogP contribution in [0.1, 0.15) is 30.9 Å². The minimum Gasteiger partial charge on any atom is -0.493 e. The summed E-state index contributed by atoms with van der Waals surface area (Å²) in [4.78, 5) is 22.0. The fourth-order valence-electron chi connectivity index (χ4n) is 2.00. The Morgan fingerprint density at radius 3 is 2.95 bits per heavy atom. The Kier molecular flexibility index (Phi) is 3.99. The minimum atomic E-state index is -1.02. The zero-order chi connectivity index (χ0) is 13.8. The lowest BCUT2D eigenvalue weighted by molar-refractivity contribution is -0.139. The molecule has 102 valence electrons. The SMILES string of the molecule is O=C(O)CCC(=O)NC1CCOc2ccc(F)cc21. The predicted octanol–water partition coefficient (Wildman–Crippen LogP) is 1.63. The van der Waals surface area contributed by atoms with Crippen LogP contribution in [-0.4, -0.2) is 23.6 Å². The van der Waals surface area contributed by atoms with Crippen LogP contribution in [0.2, 0.25) is 0 Å². The number of halogens is 1. The Morgan fingerprint density at radius 1 is 1.42 bits per heavy atom. The van der Waals surface area contributed by atoms with E-state index in [1.54, 1.807) is 0 Å². The van der Waals surface area contributed by atoms with E-state index in [9.17, 15) is 14.0 Å². The molecule has 2 N–H and O–H groups in total. The second-order valence-electron chi connectivity index (χ2n) is 4.33. The van der Waals surface area contributed by atoms with Crippen molar-refractivity contribution in [2.45, 2.75) is 25.3 Å². The number of ether oxygens (including phenoxy) is 1. The van der Waals surface area contributed by atoms with Crippen LogP contribution in [-0.2, 0) is 9.59 Å². The molecule has 6 heteroatoms. The largest absolute Gasteiger partial charge is 0.493 e. The van der Waals surface area contributed by atoms with Gasteiger partial charge in [0.05, 0.1) is 19.1 Å². The van der Waals surface area contributed by atoms with E-state index in [1.165, 1.54) is 18.2 Å². The highest BCUT2D eigenvalue weighted by atomic mass is 19.1. The Hall–Kier alpha value is -2.11. The molecule has 0 aromatic heterocycles. The lowest BCUT2D eigenvalue weighted by Gasteiger charge is -2.26. The smallest absolute Gasteiger partial charge is 0.303 e. The van der Waals surface area contributed by atoms with Gasteiger partial charge in [0, 0.05) is 18.4 Å². The lowest BCUT2D eigenvalue weighted by atomic mass is 10.00. The predicted molar refractivity (Wildman–Crippen MR) is 64.3 cm³/mol. The number of aliphatic carboxylic acids is 1. The molecule has 0 bridgehead atoms. The molecule has 1 aliphatic heterocycles. The third-order valence-corrected chi connectivity index (χ3v) is 2.91. The van der Waals surface area contributed by atoms with Crippen LogP contribution < -0.4 is 10.1 Å². The van der Waals surface area contributed by atoms with Gasteiger partial charge in [-0.15, -0.1) is 0 Å². The fourth-order valence-corrected chi connectivity index (χ4v) is 2.00. The van der Waals surface area contributed by atoms with Crippen molar-refractivity contribution in [3.05, 3.63) is 29.6 Å². The van der Waals surface area contributed by atoms with Gasteiger partial charge in [0.1, 0.15) is 11.6 Å². The van der Waals surface area contributed by atoms with Gasteiger partial charge in [0.2, 0.25) is 5.91 Å². The number of carboxylic acid groups (broad SMARTS) is 1.